The number of ether oxygens (including phenoxy) is 1. The molecule has 6 rings (SSSR count). The summed E-state index contributed by atoms with van der Waals surface area (Å²) in [4.78, 5) is 27.1. The van der Waals surface area contributed by atoms with E-state index in [0.717, 1.165) is 12.1 Å². The topological polar surface area (TPSA) is 98.6 Å². The third kappa shape index (κ3) is 3.39. The number of nitrogens with two attached hydrogens (primary N) is 1. The highest BCUT2D eigenvalue weighted by Gasteiger charge is 2.42. The van der Waals surface area contributed by atoms with Crippen LogP contribution in [0.1, 0.15) is 46.2 Å². The zero-order valence-electron chi connectivity index (χ0n) is 18.1. The predicted octanol–water partition coefficient (Wildman–Crippen LogP) is 3.89. The second-order valence-electron chi connectivity index (χ2n) is 8.63. The molecule has 5 heterocycles. The molecule has 0 spiro atoms. The summed E-state index contributed by atoms with van der Waals surface area (Å²) in [6.07, 6.45) is -0.792. The third-order valence-corrected chi connectivity index (χ3v) is 6.59. The molecule has 0 radical (unpaired) electrons. The fraction of sp³-hybridized carbons (Fsp3) is 0.304. The second-order valence-corrected chi connectivity index (χ2v) is 8.63. The number of carbonyl (C=O) groups is 1. The van der Waals surface area contributed by atoms with Crippen molar-refractivity contribution >= 4 is 28.3 Å². The van der Waals surface area contributed by atoms with Crippen molar-refractivity contribution in [1.29, 1.82) is 0 Å². The molecule has 1 unspecified atom stereocenters. The van der Waals surface area contributed by atoms with E-state index in [1.807, 2.05) is 0 Å². The van der Waals surface area contributed by atoms with Crippen molar-refractivity contribution in [2.75, 3.05) is 12.3 Å². The maximum absolute atomic E-state index is 15.2. The maximum atomic E-state index is 15.2. The van der Waals surface area contributed by atoms with E-state index < -0.39 is 35.7 Å². The molecule has 0 saturated carbocycles. The highest BCUT2D eigenvalue weighted by atomic mass is 19.4. The van der Waals surface area contributed by atoms with Gasteiger partial charge in [-0.15, -0.1) is 0 Å². The van der Waals surface area contributed by atoms with Gasteiger partial charge in [0.05, 0.1) is 53.6 Å². The van der Waals surface area contributed by atoms with Gasteiger partial charge in [0, 0.05) is 18.2 Å². The Morgan fingerprint density at radius 3 is 2.80 bits per heavy atom. The molecule has 2 aliphatic heterocycles. The normalized spacial score (nSPS) is 20.2. The molecule has 180 valence electrons. The fourth-order valence-electron chi connectivity index (χ4n) is 4.99. The lowest BCUT2D eigenvalue weighted by molar-refractivity contribution is -0.141. The number of nitrogen functional groups attached to an aromatic ring is 1. The Hall–Kier alpha value is -3.80. The molecule has 35 heavy (non-hydrogen) atoms. The smallest absolute Gasteiger partial charge is 0.382 e. The van der Waals surface area contributed by atoms with Crippen LogP contribution in [0.25, 0.3) is 16.6 Å². The van der Waals surface area contributed by atoms with Crippen molar-refractivity contribution in [2.45, 2.75) is 37.8 Å². The van der Waals surface area contributed by atoms with Crippen LogP contribution in [0.2, 0.25) is 0 Å². The van der Waals surface area contributed by atoms with E-state index in [-0.39, 0.29) is 29.2 Å². The van der Waals surface area contributed by atoms with Gasteiger partial charge in [-0.3, -0.25) is 9.20 Å². The van der Waals surface area contributed by atoms with Crippen molar-refractivity contribution in [3.63, 3.8) is 0 Å². The molecule has 1 aromatic carbocycles. The number of fused-ring (bicyclic) bond motifs is 6. The fourth-order valence-corrected chi connectivity index (χ4v) is 4.99. The Bertz CT molecular complexity index is 1500. The minimum absolute atomic E-state index is 0.0848. The number of piperidine rings is 1. The number of anilines is 1. The summed E-state index contributed by atoms with van der Waals surface area (Å²) in [6.45, 7) is 0.209. The maximum Gasteiger partial charge on any atom is 0.433 e. The van der Waals surface area contributed by atoms with Crippen LogP contribution in [0, 0.1) is 5.82 Å². The lowest BCUT2D eigenvalue weighted by Gasteiger charge is -2.44. The number of benzene rings is 1. The van der Waals surface area contributed by atoms with Crippen LogP contribution in [-0.4, -0.2) is 42.8 Å². The van der Waals surface area contributed by atoms with Gasteiger partial charge in [-0.25, -0.2) is 19.3 Å². The SMILES string of the molecule is Nc1nc2cc(F)c(C(=O)N3CCCC4OCc5nc(C(F)(F)F)ccc5[C@@H]43)cc2n2cncc12. The summed E-state index contributed by atoms with van der Waals surface area (Å²) in [5, 5.41) is 0. The summed E-state index contributed by atoms with van der Waals surface area (Å²) in [6, 6.07) is 4.11. The van der Waals surface area contributed by atoms with Crippen molar-refractivity contribution in [1.82, 2.24) is 24.3 Å². The van der Waals surface area contributed by atoms with Gasteiger partial charge in [-0.1, -0.05) is 6.07 Å². The molecule has 4 aromatic rings. The lowest BCUT2D eigenvalue weighted by Crippen LogP contribution is -2.48. The first-order valence-electron chi connectivity index (χ1n) is 10.9. The number of imidazole rings is 1. The second kappa shape index (κ2) is 7.60. The number of hydrogen-bond acceptors (Lipinski definition) is 6. The average molecular weight is 486 g/mol. The first-order chi connectivity index (χ1) is 16.7. The van der Waals surface area contributed by atoms with E-state index in [9.17, 15) is 18.0 Å². The summed E-state index contributed by atoms with van der Waals surface area (Å²) in [7, 11) is 0. The number of alkyl halides is 3. The first-order valence-corrected chi connectivity index (χ1v) is 10.9. The summed E-state index contributed by atoms with van der Waals surface area (Å²) < 4.78 is 62.1. The van der Waals surface area contributed by atoms with Gasteiger partial charge >= 0.3 is 6.18 Å². The molecule has 2 atom stereocenters. The van der Waals surface area contributed by atoms with E-state index in [1.54, 1.807) is 4.40 Å². The number of amides is 1. The van der Waals surface area contributed by atoms with E-state index in [4.69, 9.17) is 10.5 Å². The van der Waals surface area contributed by atoms with Crippen molar-refractivity contribution in [3.8, 4) is 0 Å². The van der Waals surface area contributed by atoms with Crippen molar-refractivity contribution in [3.05, 3.63) is 65.1 Å². The molecular formula is C23H18F4N6O2. The van der Waals surface area contributed by atoms with Gasteiger partial charge < -0.3 is 15.4 Å². The Balaban J connectivity index is 1.44. The van der Waals surface area contributed by atoms with Crippen molar-refractivity contribution in [2.24, 2.45) is 0 Å². The molecule has 3 aromatic heterocycles. The van der Waals surface area contributed by atoms with E-state index >= 15 is 4.39 Å². The molecule has 0 bridgehead atoms. The van der Waals surface area contributed by atoms with E-state index in [1.165, 1.54) is 29.6 Å². The standard InChI is InChI=1S/C23H18F4N6O2/c24-13-7-14-16(33-10-29-8-17(33)21(28)31-14)6-12(13)22(34)32-5-1-2-18-20(32)11-3-4-19(23(25,26)27)30-15(11)9-35-18/h3-4,6-8,10,18,20H,1-2,5,9H2,(H2,28,31)/t18?,20-/m0/s1. The Labute approximate surface area is 195 Å². The van der Waals surface area contributed by atoms with E-state index in [2.05, 4.69) is 15.0 Å². The molecular weight excluding hydrogens is 468 g/mol. The summed E-state index contributed by atoms with van der Waals surface area (Å²) >= 11 is 0. The van der Waals surface area contributed by atoms with Gasteiger partial charge in [0.1, 0.15) is 22.8 Å². The minimum atomic E-state index is -4.60. The van der Waals surface area contributed by atoms with Crippen LogP contribution in [0.3, 0.4) is 0 Å². The molecule has 2 N–H and O–H groups in total. The van der Waals surface area contributed by atoms with Gasteiger partial charge in [0.25, 0.3) is 5.91 Å². The molecule has 8 nitrogen and oxygen atoms in total. The predicted molar refractivity (Wildman–Crippen MR) is 116 cm³/mol. The number of carbonyl (C=O) groups excluding carboxylic acids is 1. The number of aromatic nitrogens is 4. The van der Waals surface area contributed by atoms with Crippen LogP contribution in [0.15, 0.2) is 36.8 Å². The molecule has 1 saturated heterocycles. The van der Waals surface area contributed by atoms with E-state index in [0.29, 0.717) is 36.0 Å². The quantitative estimate of drug-likeness (QED) is 0.410. The van der Waals surface area contributed by atoms with Gasteiger partial charge in [-0.05, 0) is 25.0 Å². The highest BCUT2D eigenvalue weighted by molar-refractivity contribution is 5.98. The van der Waals surface area contributed by atoms with Gasteiger partial charge in [0.2, 0.25) is 0 Å². The number of halogens is 4. The number of hydrogen-bond donors (Lipinski definition) is 1. The Kier molecular flexibility index (Phi) is 4.72. The highest BCUT2D eigenvalue weighted by Crippen LogP contribution is 2.41. The average Bonchev–Trinajstić information content (AvgIpc) is 3.33. The van der Waals surface area contributed by atoms with Crippen LogP contribution in [0.5, 0.6) is 0 Å². The van der Waals surface area contributed by atoms with Gasteiger partial charge in [-0.2, -0.15) is 13.2 Å². The number of nitrogens with zero attached hydrogens (tertiary/aromatic N) is 5. The molecule has 2 aliphatic rings. The zero-order chi connectivity index (χ0) is 24.5. The first kappa shape index (κ1) is 21.7. The Morgan fingerprint density at radius 2 is 2.00 bits per heavy atom. The van der Waals surface area contributed by atoms with Crippen LogP contribution >= 0.6 is 0 Å². The minimum Gasteiger partial charge on any atom is -0.382 e. The van der Waals surface area contributed by atoms with Crippen molar-refractivity contribution < 1.29 is 27.1 Å². The number of likely N-dealkylation sites (tertiary alicyclic amines) is 1. The number of rotatable bonds is 1. The lowest BCUT2D eigenvalue weighted by atomic mass is 9.88. The summed E-state index contributed by atoms with van der Waals surface area (Å²) in [5.41, 5.74) is 6.54. The molecule has 12 heteroatoms. The zero-order valence-corrected chi connectivity index (χ0v) is 18.1. The van der Waals surface area contributed by atoms with Crippen LogP contribution < -0.4 is 5.73 Å². The van der Waals surface area contributed by atoms with Crippen LogP contribution in [0.4, 0.5) is 23.4 Å². The monoisotopic (exact) mass is 486 g/mol. The largest absolute Gasteiger partial charge is 0.433 e. The number of pyridine rings is 1. The molecule has 0 aliphatic carbocycles. The molecule has 1 amide bonds. The van der Waals surface area contributed by atoms with Gasteiger partial charge in [0.15, 0.2) is 0 Å². The Morgan fingerprint density at radius 1 is 1.17 bits per heavy atom. The molecule has 1 fully saturated rings. The summed E-state index contributed by atoms with van der Waals surface area (Å²) in [5.74, 6) is -1.20. The van der Waals surface area contributed by atoms with Crippen LogP contribution in [-0.2, 0) is 17.5 Å². The third-order valence-electron chi connectivity index (χ3n) is 6.59.